The summed E-state index contributed by atoms with van der Waals surface area (Å²) in [4.78, 5) is 24.7. The molecule has 2 amide bonds. The number of nitrogens with zero attached hydrogens (tertiary/aromatic N) is 1. The Kier molecular flexibility index (Phi) is 5.25. The van der Waals surface area contributed by atoms with Gasteiger partial charge in [-0.3, -0.25) is 9.59 Å². The summed E-state index contributed by atoms with van der Waals surface area (Å²) in [6.45, 7) is 4.14. The fourth-order valence-corrected chi connectivity index (χ4v) is 1.83. The standard InChI is InChI=1S/C11H21N3O2/c1-9(13-6-5-10(15)12-2)11(16)14-7-3-4-8-14/h9,13H,3-8H2,1-2H3,(H,12,15). The van der Waals surface area contributed by atoms with E-state index in [-0.39, 0.29) is 17.9 Å². The molecule has 92 valence electrons. The molecule has 0 aromatic carbocycles. The van der Waals surface area contributed by atoms with Crippen LogP contribution in [0, 0.1) is 0 Å². The Morgan fingerprint density at radius 3 is 2.50 bits per heavy atom. The molecule has 1 fully saturated rings. The Balaban J connectivity index is 2.20. The molecule has 1 aliphatic heterocycles. The predicted molar refractivity (Wildman–Crippen MR) is 62.0 cm³/mol. The van der Waals surface area contributed by atoms with Crippen LogP contribution in [0.1, 0.15) is 26.2 Å². The van der Waals surface area contributed by atoms with Crippen LogP contribution in [0.15, 0.2) is 0 Å². The summed E-state index contributed by atoms with van der Waals surface area (Å²) in [5.41, 5.74) is 0. The summed E-state index contributed by atoms with van der Waals surface area (Å²) in [5.74, 6) is 0.141. The molecule has 0 radical (unpaired) electrons. The van der Waals surface area contributed by atoms with Gasteiger partial charge in [-0.2, -0.15) is 0 Å². The molecule has 0 aromatic heterocycles. The maximum atomic E-state index is 11.9. The summed E-state index contributed by atoms with van der Waals surface area (Å²) in [7, 11) is 1.61. The molecule has 0 aliphatic carbocycles. The van der Waals surface area contributed by atoms with Crippen molar-refractivity contribution in [1.82, 2.24) is 15.5 Å². The molecule has 2 N–H and O–H groups in total. The molecule has 0 bridgehead atoms. The van der Waals surface area contributed by atoms with Crippen LogP contribution >= 0.6 is 0 Å². The van der Waals surface area contributed by atoms with E-state index in [2.05, 4.69) is 10.6 Å². The van der Waals surface area contributed by atoms with E-state index in [0.717, 1.165) is 25.9 Å². The van der Waals surface area contributed by atoms with Gasteiger partial charge in [-0.1, -0.05) is 0 Å². The lowest BCUT2D eigenvalue weighted by atomic mass is 10.2. The van der Waals surface area contributed by atoms with Gasteiger partial charge in [0.05, 0.1) is 6.04 Å². The fourth-order valence-electron chi connectivity index (χ4n) is 1.83. The second-order valence-corrected chi connectivity index (χ2v) is 4.13. The predicted octanol–water partition coefficient (Wildman–Crippen LogP) is -0.277. The van der Waals surface area contributed by atoms with Crippen molar-refractivity contribution in [2.75, 3.05) is 26.7 Å². The Labute approximate surface area is 96.6 Å². The Hall–Kier alpha value is -1.10. The van der Waals surface area contributed by atoms with Crippen LogP contribution in [0.3, 0.4) is 0 Å². The van der Waals surface area contributed by atoms with Gasteiger partial charge in [0.2, 0.25) is 11.8 Å². The van der Waals surface area contributed by atoms with Crippen LogP contribution in [0.2, 0.25) is 0 Å². The van der Waals surface area contributed by atoms with Crippen molar-refractivity contribution in [3.8, 4) is 0 Å². The molecule has 5 nitrogen and oxygen atoms in total. The third-order valence-corrected chi connectivity index (χ3v) is 2.87. The minimum atomic E-state index is -0.192. The van der Waals surface area contributed by atoms with Crippen molar-refractivity contribution in [2.24, 2.45) is 0 Å². The first-order valence-corrected chi connectivity index (χ1v) is 5.88. The Morgan fingerprint density at radius 2 is 1.94 bits per heavy atom. The van der Waals surface area contributed by atoms with Crippen molar-refractivity contribution in [1.29, 1.82) is 0 Å². The van der Waals surface area contributed by atoms with Crippen LogP contribution in [0.25, 0.3) is 0 Å². The van der Waals surface area contributed by atoms with Gasteiger partial charge in [0.25, 0.3) is 0 Å². The number of nitrogens with one attached hydrogen (secondary N) is 2. The average molecular weight is 227 g/mol. The Bertz CT molecular complexity index is 250. The highest BCUT2D eigenvalue weighted by Crippen LogP contribution is 2.08. The highest BCUT2D eigenvalue weighted by molar-refractivity contribution is 5.81. The highest BCUT2D eigenvalue weighted by atomic mass is 16.2. The van der Waals surface area contributed by atoms with Crippen molar-refractivity contribution in [3.63, 3.8) is 0 Å². The highest BCUT2D eigenvalue weighted by Gasteiger charge is 2.22. The topological polar surface area (TPSA) is 61.4 Å². The summed E-state index contributed by atoms with van der Waals surface area (Å²) in [6.07, 6.45) is 2.63. The molecule has 1 rings (SSSR count). The van der Waals surface area contributed by atoms with Crippen LogP contribution in [-0.4, -0.2) is 49.4 Å². The van der Waals surface area contributed by atoms with E-state index in [1.807, 2.05) is 11.8 Å². The summed E-state index contributed by atoms with van der Waals surface area (Å²) in [5, 5.41) is 5.62. The van der Waals surface area contributed by atoms with Crippen LogP contribution in [0.4, 0.5) is 0 Å². The van der Waals surface area contributed by atoms with Gasteiger partial charge in [-0.05, 0) is 19.8 Å². The van der Waals surface area contributed by atoms with Crippen molar-refractivity contribution in [2.45, 2.75) is 32.2 Å². The molecule has 1 aliphatic rings. The molecular formula is C11H21N3O2. The van der Waals surface area contributed by atoms with Crippen molar-refractivity contribution in [3.05, 3.63) is 0 Å². The lowest BCUT2D eigenvalue weighted by Gasteiger charge is -2.20. The van der Waals surface area contributed by atoms with Gasteiger partial charge in [-0.15, -0.1) is 0 Å². The third-order valence-electron chi connectivity index (χ3n) is 2.87. The number of carbonyl (C=O) groups excluding carboxylic acids is 2. The monoisotopic (exact) mass is 227 g/mol. The second-order valence-electron chi connectivity index (χ2n) is 4.13. The normalized spacial score (nSPS) is 17.2. The summed E-state index contributed by atoms with van der Waals surface area (Å²) < 4.78 is 0. The quantitative estimate of drug-likeness (QED) is 0.679. The van der Waals surface area contributed by atoms with Gasteiger partial charge >= 0.3 is 0 Å². The molecule has 1 unspecified atom stereocenters. The maximum absolute atomic E-state index is 11.9. The van der Waals surface area contributed by atoms with E-state index in [9.17, 15) is 9.59 Å². The van der Waals surface area contributed by atoms with E-state index in [1.165, 1.54) is 0 Å². The summed E-state index contributed by atoms with van der Waals surface area (Å²) >= 11 is 0. The van der Waals surface area contributed by atoms with Gasteiger partial charge in [0, 0.05) is 33.1 Å². The fraction of sp³-hybridized carbons (Fsp3) is 0.818. The average Bonchev–Trinajstić information content (AvgIpc) is 2.81. The number of rotatable bonds is 5. The number of hydrogen-bond donors (Lipinski definition) is 2. The molecule has 1 heterocycles. The number of amides is 2. The first-order valence-electron chi connectivity index (χ1n) is 5.88. The van der Waals surface area contributed by atoms with Crippen LogP contribution in [0.5, 0.6) is 0 Å². The Morgan fingerprint density at radius 1 is 1.31 bits per heavy atom. The lowest BCUT2D eigenvalue weighted by Crippen LogP contribution is -2.44. The second kappa shape index (κ2) is 6.48. The van der Waals surface area contributed by atoms with Crippen LogP contribution in [-0.2, 0) is 9.59 Å². The maximum Gasteiger partial charge on any atom is 0.239 e. The zero-order valence-electron chi connectivity index (χ0n) is 10.1. The molecule has 0 aromatic rings. The number of likely N-dealkylation sites (tertiary alicyclic amines) is 1. The summed E-state index contributed by atoms with van der Waals surface area (Å²) in [6, 6.07) is -0.192. The molecule has 0 saturated carbocycles. The number of carbonyl (C=O) groups is 2. The molecule has 0 spiro atoms. The number of hydrogen-bond acceptors (Lipinski definition) is 3. The molecule has 1 saturated heterocycles. The lowest BCUT2D eigenvalue weighted by molar-refractivity contribution is -0.132. The first kappa shape index (κ1) is 13.0. The first-order chi connectivity index (χ1) is 7.65. The van der Waals surface area contributed by atoms with Crippen molar-refractivity contribution < 1.29 is 9.59 Å². The smallest absolute Gasteiger partial charge is 0.239 e. The molecular weight excluding hydrogens is 206 g/mol. The van der Waals surface area contributed by atoms with E-state index in [1.54, 1.807) is 7.05 Å². The minimum Gasteiger partial charge on any atom is -0.359 e. The largest absolute Gasteiger partial charge is 0.359 e. The van der Waals surface area contributed by atoms with E-state index in [4.69, 9.17) is 0 Å². The zero-order valence-corrected chi connectivity index (χ0v) is 10.1. The van der Waals surface area contributed by atoms with Gasteiger partial charge in [0.1, 0.15) is 0 Å². The molecule has 5 heteroatoms. The molecule has 1 atom stereocenters. The van der Waals surface area contributed by atoms with Gasteiger partial charge in [0.15, 0.2) is 0 Å². The van der Waals surface area contributed by atoms with Gasteiger partial charge in [-0.25, -0.2) is 0 Å². The molecule has 16 heavy (non-hydrogen) atoms. The van der Waals surface area contributed by atoms with Gasteiger partial charge < -0.3 is 15.5 Å². The zero-order chi connectivity index (χ0) is 12.0. The van der Waals surface area contributed by atoms with E-state index >= 15 is 0 Å². The third kappa shape index (κ3) is 3.81. The van der Waals surface area contributed by atoms with Crippen LogP contribution < -0.4 is 10.6 Å². The van der Waals surface area contributed by atoms with E-state index < -0.39 is 0 Å². The minimum absolute atomic E-state index is 0.00618. The van der Waals surface area contributed by atoms with E-state index in [0.29, 0.717) is 13.0 Å². The SMILES string of the molecule is CNC(=O)CCNC(C)C(=O)N1CCCC1. The van der Waals surface area contributed by atoms with Crippen molar-refractivity contribution >= 4 is 11.8 Å².